The van der Waals surface area contributed by atoms with Gasteiger partial charge in [-0.15, -0.1) is 0 Å². The lowest BCUT2D eigenvalue weighted by Gasteiger charge is -2.08. The number of halogens is 1. The number of amides is 1. The number of hydrogen-bond donors (Lipinski definition) is 2. The van der Waals surface area contributed by atoms with Gasteiger partial charge >= 0.3 is 0 Å². The van der Waals surface area contributed by atoms with Crippen molar-refractivity contribution >= 4 is 37.5 Å². The summed E-state index contributed by atoms with van der Waals surface area (Å²) in [5.74, 6) is -0.321. The van der Waals surface area contributed by atoms with Crippen LogP contribution in [-0.2, 0) is 10.0 Å². The zero-order valence-electron chi connectivity index (χ0n) is 12.4. The van der Waals surface area contributed by atoms with E-state index in [4.69, 9.17) is 0 Å². The van der Waals surface area contributed by atoms with Crippen molar-refractivity contribution in [3.8, 4) is 0 Å². The first-order valence-electron chi connectivity index (χ1n) is 6.94. The number of carbonyl (C=O) groups excluding carboxylic acids is 1. The van der Waals surface area contributed by atoms with Gasteiger partial charge in [0.05, 0.1) is 10.5 Å². The molecular weight excluding hydrogens is 382 g/mol. The summed E-state index contributed by atoms with van der Waals surface area (Å²) in [6.07, 6.45) is 3.75. The number of sulfonamides is 1. The Hall–Kier alpha value is -1.77. The maximum Gasteiger partial charge on any atom is 0.257 e. The second kappa shape index (κ2) is 7.67. The Morgan fingerprint density at radius 3 is 2.52 bits per heavy atom. The van der Waals surface area contributed by atoms with Gasteiger partial charge in [0.2, 0.25) is 10.0 Å². The lowest BCUT2D eigenvalue weighted by atomic mass is 10.2. The SMILES string of the molecule is CCCNS(=O)(=O)c1ccc(NC(=O)c2cncc(Br)c2)cc1. The van der Waals surface area contributed by atoms with E-state index in [0.29, 0.717) is 28.7 Å². The highest BCUT2D eigenvalue weighted by molar-refractivity contribution is 9.10. The Kier molecular flexibility index (Phi) is 5.86. The first-order chi connectivity index (χ1) is 10.9. The van der Waals surface area contributed by atoms with Crippen molar-refractivity contribution in [2.45, 2.75) is 18.2 Å². The summed E-state index contributed by atoms with van der Waals surface area (Å²) >= 11 is 3.25. The highest BCUT2D eigenvalue weighted by Crippen LogP contribution is 2.16. The maximum atomic E-state index is 12.1. The monoisotopic (exact) mass is 397 g/mol. The number of pyridine rings is 1. The lowest BCUT2D eigenvalue weighted by Crippen LogP contribution is -2.24. The standard InChI is InChI=1S/C15H16BrN3O3S/c1-2-7-18-23(21,22)14-5-3-13(4-6-14)19-15(20)11-8-12(16)10-17-9-11/h3-6,8-10,18H,2,7H2,1H3,(H,19,20). The van der Waals surface area contributed by atoms with Crippen molar-refractivity contribution in [1.82, 2.24) is 9.71 Å². The van der Waals surface area contributed by atoms with Crippen LogP contribution in [0.25, 0.3) is 0 Å². The number of aromatic nitrogens is 1. The van der Waals surface area contributed by atoms with Gasteiger partial charge in [-0.1, -0.05) is 6.92 Å². The molecule has 1 amide bonds. The molecule has 6 nitrogen and oxygen atoms in total. The van der Waals surface area contributed by atoms with E-state index < -0.39 is 10.0 Å². The van der Waals surface area contributed by atoms with E-state index in [0.717, 1.165) is 0 Å². The number of anilines is 1. The minimum atomic E-state index is -3.50. The molecule has 0 saturated carbocycles. The molecule has 0 radical (unpaired) electrons. The van der Waals surface area contributed by atoms with E-state index >= 15 is 0 Å². The summed E-state index contributed by atoms with van der Waals surface area (Å²) in [4.78, 5) is 16.2. The number of hydrogen-bond acceptors (Lipinski definition) is 4. The van der Waals surface area contributed by atoms with Crippen molar-refractivity contribution in [3.63, 3.8) is 0 Å². The summed E-state index contributed by atoms with van der Waals surface area (Å²) in [5, 5.41) is 2.69. The van der Waals surface area contributed by atoms with E-state index in [2.05, 4.69) is 31.0 Å². The van der Waals surface area contributed by atoms with E-state index in [1.54, 1.807) is 24.4 Å². The first-order valence-corrected chi connectivity index (χ1v) is 9.21. The highest BCUT2D eigenvalue weighted by atomic mass is 79.9. The van der Waals surface area contributed by atoms with Crippen LogP contribution in [-0.4, -0.2) is 25.9 Å². The highest BCUT2D eigenvalue weighted by Gasteiger charge is 2.13. The van der Waals surface area contributed by atoms with Crippen LogP contribution >= 0.6 is 15.9 Å². The van der Waals surface area contributed by atoms with Gasteiger partial charge in [-0.05, 0) is 52.7 Å². The molecule has 2 rings (SSSR count). The molecule has 23 heavy (non-hydrogen) atoms. The molecule has 2 N–H and O–H groups in total. The van der Waals surface area contributed by atoms with Gasteiger partial charge < -0.3 is 5.32 Å². The molecule has 0 spiro atoms. The zero-order valence-corrected chi connectivity index (χ0v) is 14.8. The number of carbonyl (C=O) groups is 1. The fraction of sp³-hybridized carbons (Fsp3) is 0.200. The quantitative estimate of drug-likeness (QED) is 0.783. The predicted molar refractivity (Wildman–Crippen MR) is 91.8 cm³/mol. The van der Waals surface area contributed by atoms with Crippen LogP contribution in [0.15, 0.2) is 52.1 Å². The van der Waals surface area contributed by atoms with E-state index in [9.17, 15) is 13.2 Å². The van der Waals surface area contributed by atoms with Crippen molar-refractivity contribution in [2.24, 2.45) is 0 Å². The summed E-state index contributed by atoms with van der Waals surface area (Å²) in [7, 11) is -3.50. The van der Waals surface area contributed by atoms with Crippen molar-refractivity contribution < 1.29 is 13.2 Å². The first kappa shape index (κ1) is 17.6. The molecule has 0 fully saturated rings. The fourth-order valence-corrected chi connectivity index (χ4v) is 3.28. The topological polar surface area (TPSA) is 88.2 Å². The lowest BCUT2D eigenvalue weighted by molar-refractivity contribution is 0.102. The van der Waals surface area contributed by atoms with Crippen LogP contribution in [0, 0.1) is 0 Å². The smallest absolute Gasteiger partial charge is 0.257 e. The van der Waals surface area contributed by atoms with Gasteiger partial charge in [-0.25, -0.2) is 13.1 Å². The molecule has 8 heteroatoms. The van der Waals surface area contributed by atoms with Crippen LogP contribution in [0.2, 0.25) is 0 Å². The molecule has 1 heterocycles. The average Bonchev–Trinajstić information content (AvgIpc) is 2.53. The molecule has 1 aromatic carbocycles. The molecule has 0 aliphatic carbocycles. The molecule has 0 unspecified atom stereocenters. The Labute approximate surface area is 143 Å². The molecule has 1 aromatic heterocycles. The summed E-state index contributed by atoms with van der Waals surface area (Å²) in [6, 6.07) is 7.64. The minimum Gasteiger partial charge on any atom is -0.322 e. The van der Waals surface area contributed by atoms with Crippen LogP contribution in [0.1, 0.15) is 23.7 Å². The summed E-state index contributed by atoms with van der Waals surface area (Å²) < 4.78 is 27.1. The van der Waals surface area contributed by atoms with Crippen LogP contribution in [0.3, 0.4) is 0 Å². The van der Waals surface area contributed by atoms with Crippen LogP contribution < -0.4 is 10.0 Å². The number of benzene rings is 1. The van der Waals surface area contributed by atoms with Crippen LogP contribution in [0.5, 0.6) is 0 Å². The number of nitrogens with zero attached hydrogens (tertiary/aromatic N) is 1. The predicted octanol–water partition coefficient (Wildman–Crippen LogP) is 2.78. The van der Waals surface area contributed by atoms with Crippen LogP contribution in [0.4, 0.5) is 5.69 Å². The molecule has 122 valence electrons. The van der Waals surface area contributed by atoms with Gasteiger partial charge in [0.15, 0.2) is 0 Å². The molecular formula is C15H16BrN3O3S. The Morgan fingerprint density at radius 2 is 1.91 bits per heavy atom. The second-order valence-electron chi connectivity index (χ2n) is 4.77. The average molecular weight is 398 g/mol. The van der Waals surface area contributed by atoms with Crippen molar-refractivity contribution in [1.29, 1.82) is 0 Å². The molecule has 2 aromatic rings. The molecule has 0 atom stereocenters. The van der Waals surface area contributed by atoms with Gasteiger partial charge in [0.1, 0.15) is 0 Å². The largest absolute Gasteiger partial charge is 0.322 e. The van der Waals surface area contributed by atoms with E-state index in [1.165, 1.54) is 18.3 Å². The van der Waals surface area contributed by atoms with Gasteiger partial charge in [0.25, 0.3) is 5.91 Å². The molecule has 0 bridgehead atoms. The molecule has 0 aliphatic heterocycles. The molecule has 0 aliphatic rings. The third kappa shape index (κ3) is 4.85. The van der Waals surface area contributed by atoms with Crippen molar-refractivity contribution in [2.75, 3.05) is 11.9 Å². The normalized spacial score (nSPS) is 11.2. The van der Waals surface area contributed by atoms with Gasteiger partial charge in [-0.2, -0.15) is 0 Å². The van der Waals surface area contributed by atoms with Crippen molar-refractivity contribution in [3.05, 3.63) is 52.8 Å². The second-order valence-corrected chi connectivity index (χ2v) is 7.45. The Morgan fingerprint density at radius 1 is 1.22 bits per heavy atom. The van der Waals surface area contributed by atoms with E-state index in [1.807, 2.05) is 6.92 Å². The van der Waals surface area contributed by atoms with Gasteiger partial charge in [-0.3, -0.25) is 9.78 Å². The summed E-state index contributed by atoms with van der Waals surface area (Å²) in [5.41, 5.74) is 0.908. The third-order valence-corrected chi connectivity index (χ3v) is 4.84. The third-order valence-electron chi connectivity index (χ3n) is 2.93. The van der Waals surface area contributed by atoms with E-state index in [-0.39, 0.29) is 10.8 Å². The van der Waals surface area contributed by atoms with Gasteiger partial charge in [0, 0.05) is 29.1 Å². The maximum absolute atomic E-state index is 12.1. The zero-order chi connectivity index (χ0) is 16.9. The fourth-order valence-electron chi connectivity index (χ4n) is 1.78. The number of rotatable bonds is 6. The Balaban J connectivity index is 2.10. The number of nitrogens with one attached hydrogen (secondary N) is 2. The Bertz CT molecular complexity index is 792. The summed E-state index contributed by atoms with van der Waals surface area (Å²) in [6.45, 7) is 2.27. The molecule has 0 saturated heterocycles. The minimum absolute atomic E-state index is 0.160.